The van der Waals surface area contributed by atoms with Gasteiger partial charge in [-0.3, -0.25) is 0 Å². The molecule has 0 atom stereocenters. The fraction of sp³-hybridized carbons (Fsp3) is 0.125. The van der Waals surface area contributed by atoms with Gasteiger partial charge in [0.1, 0.15) is 5.82 Å². The monoisotopic (exact) mass is 201 g/mol. The summed E-state index contributed by atoms with van der Waals surface area (Å²) in [6.07, 6.45) is 0. The lowest BCUT2D eigenvalue weighted by Crippen LogP contribution is -2.09. The van der Waals surface area contributed by atoms with Gasteiger partial charge in [-0.15, -0.1) is 11.8 Å². The van der Waals surface area contributed by atoms with E-state index < -0.39 is 0 Å². The summed E-state index contributed by atoms with van der Waals surface area (Å²) in [7, 11) is 0. The van der Waals surface area contributed by atoms with Gasteiger partial charge in [0, 0.05) is 10.6 Å². The van der Waals surface area contributed by atoms with E-state index in [9.17, 15) is 4.39 Å². The lowest BCUT2D eigenvalue weighted by molar-refractivity contribution is 0.626. The fourth-order valence-corrected chi connectivity index (χ4v) is 1.50. The quantitative estimate of drug-likeness (QED) is 0.600. The SMILES string of the molecule is NC(=S)CSc1ccc(F)cc1. The molecule has 64 valence electrons. The normalized spacial score (nSPS) is 9.75. The van der Waals surface area contributed by atoms with Crippen molar-refractivity contribution in [3.63, 3.8) is 0 Å². The molecule has 0 saturated heterocycles. The van der Waals surface area contributed by atoms with Crippen molar-refractivity contribution in [1.82, 2.24) is 0 Å². The molecule has 0 spiro atoms. The minimum Gasteiger partial charge on any atom is -0.393 e. The number of thioether (sulfide) groups is 1. The molecule has 0 aliphatic rings. The zero-order valence-corrected chi connectivity index (χ0v) is 7.92. The van der Waals surface area contributed by atoms with E-state index in [1.165, 1.54) is 23.9 Å². The summed E-state index contributed by atoms with van der Waals surface area (Å²) in [6.45, 7) is 0. The molecular formula is C8H8FNS2. The molecule has 0 fully saturated rings. The predicted octanol–water partition coefficient (Wildman–Crippen LogP) is 2.20. The van der Waals surface area contributed by atoms with Gasteiger partial charge in [-0.1, -0.05) is 12.2 Å². The molecule has 0 heterocycles. The first-order valence-corrected chi connectivity index (χ1v) is 4.74. The molecule has 4 heteroatoms. The molecule has 0 aliphatic carbocycles. The summed E-state index contributed by atoms with van der Waals surface area (Å²) < 4.78 is 12.4. The zero-order valence-electron chi connectivity index (χ0n) is 6.29. The molecule has 0 bridgehead atoms. The van der Waals surface area contributed by atoms with E-state index in [1.807, 2.05) is 0 Å². The molecule has 1 aromatic carbocycles. The fourth-order valence-electron chi connectivity index (χ4n) is 0.685. The molecule has 1 rings (SSSR count). The Bertz CT molecular complexity index is 271. The average molecular weight is 201 g/mol. The molecule has 0 unspecified atom stereocenters. The predicted molar refractivity (Wildman–Crippen MR) is 53.9 cm³/mol. The van der Waals surface area contributed by atoms with Gasteiger partial charge in [-0.25, -0.2) is 4.39 Å². The Morgan fingerprint density at radius 3 is 2.50 bits per heavy atom. The van der Waals surface area contributed by atoms with Crippen LogP contribution in [0.2, 0.25) is 0 Å². The Morgan fingerprint density at radius 2 is 2.00 bits per heavy atom. The van der Waals surface area contributed by atoms with E-state index in [2.05, 4.69) is 0 Å². The summed E-state index contributed by atoms with van der Waals surface area (Å²) in [5.41, 5.74) is 5.31. The van der Waals surface area contributed by atoms with E-state index in [0.29, 0.717) is 10.7 Å². The summed E-state index contributed by atoms with van der Waals surface area (Å²) in [6, 6.07) is 6.25. The minimum atomic E-state index is -0.227. The highest BCUT2D eigenvalue weighted by molar-refractivity contribution is 8.01. The summed E-state index contributed by atoms with van der Waals surface area (Å²) in [5.74, 6) is 0.371. The molecule has 0 aliphatic heterocycles. The molecular weight excluding hydrogens is 193 g/mol. The van der Waals surface area contributed by atoms with Crippen LogP contribution in [0.25, 0.3) is 0 Å². The second-order valence-corrected chi connectivity index (χ2v) is 3.78. The standard InChI is InChI=1S/C8H8FNS2/c9-6-1-3-7(4-2-6)12-5-8(10)11/h1-4H,5H2,(H2,10,11). The molecule has 0 aromatic heterocycles. The Kier molecular flexibility index (Phi) is 3.49. The number of hydrogen-bond acceptors (Lipinski definition) is 2. The molecule has 0 radical (unpaired) electrons. The summed E-state index contributed by atoms with van der Waals surface area (Å²) >= 11 is 6.21. The van der Waals surface area contributed by atoms with Gasteiger partial charge in [0.2, 0.25) is 0 Å². The van der Waals surface area contributed by atoms with Crippen molar-refractivity contribution < 1.29 is 4.39 Å². The van der Waals surface area contributed by atoms with Crippen molar-refractivity contribution in [2.24, 2.45) is 5.73 Å². The summed E-state index contributed by atoms with van der Waals surface area (Å²) in [5, 5.41) is 0. The Labute approximate surface area is 80.1 Å². The number of thiocarbonyl (C=S) groups is 1. The zero-order chi connectivity index (χ0) is 8.97. The van der Waals surface area contributed by atoms with Crippen molar-refractivity contribution in [2.45, 2.75) is 4.90 Å². The van der Waals surface area contributed by atoms with E-state index in [0.717, 1.165) is 4.90 Å². The minimum absolute atomic E-state index is 0.227. The van der Waals surface area contributed by atoms with Crippen LogP contribution in [0.4, 0.5) is 4.39 Å². The van der Waals surface area contributed by atoms with Crippen LogP contribution in [0.15, 0.2) is 29.2 Å². The van der Waals surface area contributed by atoms with Gasteiger partial charge in [0.25, 0.3) is 0 Å². The maximum Gasteiger partial charge on any atom is 0.123 e. The van der Waals surface area contributed by atoms with Crippen LogP contribution >= 0.6 is 24.0 Å². The van der Waals surface area contributed by atoms with Crippen molar-refractivity contribution in [2.75, 3.05) is 5.75 Å². The lowest BCUT2D eigenvalue weighted by Gasteiger charge is -1.98. The van der Waals surface area contributed by atoms with Gasteiger partial charge in [-0.2, -0.15) is 0 Å². The third-order valence-corrected chi connectivity index (χ3v) is 2.58. The van der Waals surface area contributed by atoms with Crippen molar-refractivity contribution in [1.29, 1.82) is 0 Å². The van der Waals surface area contributed by atoms with Crippen LogP contribution in [-0.4, -0.2) is 10.7 Å². The molecule has 0 amide bonds. The number of benzene rings is 1. The summed E-state index contributed by atoms with van der Waals surface area (Å²) in [4.78, 5) is 1.44. The van der Waals surface area contributed by atoms with E-state index in [-0.39, 0.29) is 5.82 Å². The van der Waals surface area contributed by atoms with Gasteiger partial charge >= 0.3 is 0 Å². The van der Waals surface area contributed by atoms with Crippen LogP contribution < -0.4 is 5.73 Å². The largest absolute Gasteiger partial charge is 0.393 e. The first-order valence-electron chi connectivity index (χ1n) is 3.35. The number of hydrogen-bond donors (Lipinski definition) is 1. The van der Waals surface area contributed by atoms with Gasteiger partial charge < -0.3 is 5.73 Å². The van der Waals surface area contributed by atoms with Gasteiger partial charge in [0.05, 0.1) is 4.99 Å². The highest BCUT2D eigenvalue weighted by Gasteiger charge is 1.95. The van der Waals surface area contributed by atoms with E-state index >= 15 is 0 Å². The maximum atomic E-state index is 12.4. The first-order chi connectivity index (χ1) is 5.68. The van der Waals surface area contributed by atoms with Crippen LogP contribution in [0.5, 0.6) is 0 Å². The molecule has 1 nitrogen and oxygen atoms in total. The molecule has 1 aromatic rings. The third kappa shape index (κ3) is 3.19. The lowest BCUT2D eigenvalue weighted by atomic mass is 10.4. The van der Waals surface area contributed by atoms with Crippen molar-refractivity contribution in [3.05, 3.63) is 30.1 Å². The third-order valence-electron chi connectivity index (χ3n) is 1.19. The van der Waals surface area contributed by atoms with E-state index in [4.69, 9.17) is 18.0 Å². The topological polar surface area (TPSA) is 26.0 Å². The number of nitrogens with two attached hydrogens (primary N) is 1. The number of halogens is 1. The number of rotatable bonds is 3. The maximum absolute atomic E-state index is 12.4. The van der Waals surface area contributed by atoms with Crippen molar-refractivity contribution >= 4 is 29.0 Å². The average Bonchev–Trinajstić information content (AvgIpc) is 2.03. The van der Waals surface area contributed by atoms with E-state index in [1.54, 1.807) is 12.1 Å². The molecule has 12 heavy (non-hydrogen) atoms. The molecule has 0 saturated carbocycles. The Balaban J connectivity index is 2.53. The van der Waals surface area contributed by atoms with Crippen LogP contribution in [0.1, 0.15) is 0 Å². The van der Waals surface area contributed by atoms with Crippen LogP contribution in [0.3, 0.4) is 0 Å². The highest BCUT2D eigenvalue weighted by atomic mass is 32.2. The van der Waals surface area contributed by atoms with Gasteiger partial charge in [0.15, 0.2) is 0 Å². The van der Waals surface area contributed by atoms with Crippen LogP contribution in [-0.2, 0) is 0 Å². The van der Waals surface area contributed by atoms with Gasteiger partial charge in [-0.05, 0) is 24.3 Å². The second kappa shape index (κ2) is 4.42. The van der Waals surface area contributed by atoms with Crippen molar-refractivity contribution in [3.8, 4) is 0 Å². The second-order valence-electron chi connectivity index (χ2n) is 2.21. The first kappa shape index (κ1) is 9.48. The Hall–Kier alpha value is -0.610. The van der Waals surface area contributed by atoms with Crippen LogP contribution in [0, 0.1) is 5.82 Å². The smallest absolute Gasteiger partial charge is 0.123 e. The molecule has 2 N–H and O–H groups in total. The Morgan fingerprint density at radius 1 is 1.42 bits per heavy atom. The highest BCUT2D eigenvalue weighted by Crippen LogP contribution is 2.17.